The Morgan fingerprint density at radius 2 is 1.70 bits per heavy atom. The first-order chi connectivity index (χ1) is 9.35. The molecule has 0 spiro atoms. The van der Waals surface area contributed by atoms with Crippen LogP contribution >= 0.6 is 0 Å². The van der Waals surface area contributed by atoms with Crippen LogP contribution in [-0.4, -0.2) is 5.11 Å². The molecule has 112 valence electrons. The zero-order valence-electron chi connectivity index (χ0n) is 11.7. The molecule has 0 aromatic heterocycles. The Morgan fingerprint density at radius 3 is 2.15 bits per heavy atom. The van der Waals surface area contributed by atoms with Crippen LogP contribution in [0, 0.1) is 5.92 Å². The van der Waals surface area contributed by atoms with Gasteiger partial charge in [-0.1, -0.05) is 31.9 Å². The molecule has 1 N–H and O–H groups in total. The number of halogens is 3. The van der Waals surface area contributed by atoms with Gasteiger partial charge >= 0.3 is 6.18 Å². The first-order valence-corrected chi connectivity index (χ1v) is 7.25. The number of alkyl halides is 3. The molecule has 1 aliphatic carbocycles. The standard InChI is InChI=1S/C16H21F3O/c1-2-3-12-8-10-15(20,11-9-12)13-4-6-14(7-5-13)16(17,18)19/h4-7,12,20H,2-3,8-11H2,1H3. The van der Waals surface area contributed by atoms with E-state index in [2.05, 4.69) is 6.92 Å². The maximum absolute atomic E-state index is 12.5. The Hall–Kier alpha value is -1.03. The fraction of sp³-hybridized carbons (Fsp3) is 0.625. The van der Waals surface area contributed by atoms with Crippen LogP contribution in [0.1, 0.15) is 56.6 Å². The summed E-state index contributed by atoms with van der Waals surface area (Å²) in [6.45, 7) is 2.15. The summed E-state index contributed by atoms with van der Waals surface area (Å²) in [6.07, 6.45) is 1.18. The Morgan fingerprint density at radius 1 is 1.15 bits per heavy atom. The van der Waals surface area contributed by atoms with Crippen molar-refractivity contribution in [3.8, 4) is 0 Å². The molecule has 1 aromatic rings. The lowest BCUT2D eigenvalue weighted by Crippen LogP contribution is -2.31. The zero-order chi connectivity index (χ0) is 14.8. The summed E-state index contributed by atoms with van der Waals surface area (Å²) in [6, 6.07) is 4.96. The Balaban J connectivity index is 2.08. The topological polar surface area (TPSA) is 20.2 Å². The summed E-state index contributed by atoms with van der Waals surface area (Å²) in [5.74, 6) is 0.648. The van der Waals surface area contributed by atoms with Gasteiger partial charge in [0.15, 0.2) is 0 Å². The van der Waals surface area contributed by atoms with Gasteiger partial charge in [-0.2, -0.15) is 13.2 Å². The van der Waals surface area contributed by atoms with E-state index < -0.39 is 17.3 Å². The van der Waals surface area contributed by atoms with E-state index in [4.69, 9.17) is 0 Å². The van der Waals surface area contributed by atoms with Gasteiger partial charge in [0.2, 0.25) is 0 Å². The SMILES string of the molecule is CCCC1CCC(O)(c2ccc(C(F)(F)F)cc2)CC1. The highest BCUT2D eigenvalue weighted by molar-refractivity contribution is 5.29. The van der Waals surface area contributed by atoms with Crippen molar-refractivity contribution in [3.05, 3.63) is 35.4 Å². The lowest BCUT2D eigenvalue weighted by atomic mass is 9.74. The Kier molecular flexibility index (Phi) is 4.43. The van der Waals surface area contributed by atoms with E-state index in [1.54, 1.807) is 0 Å². The summed E-state index contributed by atoms with van der Waals surface area (Å²) in [5.41, 5.74) is -1.00. The fourth-order valence-electron chi connectivity index (χ4n) is 3.11. The second-order valence-corrected chi connectivity index (χ2v) is 5.84. The van der Waals surface area contributed by atoms with Crippen molar-refractivity contribution >= 4 is 0 Å². The summed E-state index contributed by atoms with van der Waals surface area (Å²) >= 11 is 0. The van der Waals surface area contributed by atoms with Crippen LogP contribution in [0.5, 0.6) is 0 Å². The van der Waals surface area contributed by atoms with Crippen LogP contribution < -0.4 is 0 Å². The molecule has 1 saturated carbocycles. The average molecular weight is 286 g/mol. The van der Waals surface area contributed by atoms with Crippen LogP contribution in [-0.2, 0) is 11.8 Å². The van der Waals surface area contributed by atoms with Crippen LogP contribution in [0.2, 0.25) is 0 Å². The van der Waals surface area contributed by atoms with Crippen molar-refractivity contribution in [2.75, 3.05) is 0 Å². The third-order valence-corrected chi connectivity index (χ3v) is 4.38. The van der Waals surface area contributed by atoms with Gasteiger partial charge in [-0.25, -0.2) is 0 Å². The molecule has 0 heterocycles. The highest BCUT2D eigenvalue weighted by Gasteiger charge is 2.36. The lowest BCUT2D eigenvalue weighted by Gasteiger charge is -2.36. The predicted octanol–water partition coefficient (Wildman–Crippen LogP) is 4.88. The minimum absolute atomic E-state index is 0.612. The smallest absolute Gasteiger partial charge is 0.385 e. The van der Waals surface area contributed by atoms with Gasteiger partial charge in [0.05, 0.1) is 11.2 Å². The molecular formula is C16H21F3O. The molecule has 0 aliphatic heterocycles. The molecule has 4 heteroatoms. The number of hydrogen-bond acceptors (Lipinski definition) is 1. The quantitative estimate of drug-likeness (QED) is 0.839. The van der Waals surface area contributed by atoms with Crippen molar-refractivity contribution in [2.24, 2.45) is 5.92 Å². The van der Waals surface area contributed by atoms with Crippen molar-refractivity contribution in [3.63, 3.8) is 0 Å². The third-order valence-electron chi connectivity index (χ3n) is 4.38. The molecule has 1 fully saturated rings. The van der Waals surface area contributed by atoms with Gasteiger partial charge in [0.25, 0.3) is 0 Å². The van der Waals surface area contributed by atoms with Gasteiger partial charge in [0, 0.05) is 0 Å². The number of hydrogen-bond donors (Lipinski definition) is 1. The fourth-order valence-corrected chi connectivity index (χ4v) is 3.11. The molecule has 0 saturated heterocycles. The molecule has 1 aromatic carbocycles. The van der Waals surface area contributed by atoms with Crippen LogP contribution in [0.25, 0.3) is 0 Å². The largest absolute Gasteiger partial charge is 0.416 e. The normalized spacial score (nSPS) is 27.6. The first-order valence-electron chi connectivity index (χ1n) is 7.25. The summed E-state index contributed by atoms with van der Waals surface area (Å²) in [7, 11) is 0. The highest BCUT2D eigenvalue weighted by Crippen LogP contribution is 2.41. The minimum Gasteiger partial charge on any atom is -0.385 e. The van der Waals surface area contributed by atoms with Crippen molar-refractivity contribution in [1.82, 2.24) is 0 Å². The molecule has 20 heavy (non-hydrogen) atoms. The maximum Gasteiger partial charge on any atom is 0.416 e. The van der Waals surface area contributed by atoms with Gasteiger partial charge in [-0.15, -0.1) is 0 Å². The van der Waals surface area contributed by atoms with Crippen molar-refractivity contribution in [2.45, 2.75) is 57.2 Å². The second kappa shape index (κ2) is 5.76. The van der Waals surface area contributed by atoms with E-state index in [0.717, 1.165) is 31.4 Å². The predicted molar refractivity (Wildman–Crippen MR) is 72.2 cm³/mol. The molecule has 0 atom stereocenters. The molecule has 0 radical (unpaired) electrons. The van der Waals surface area contributed by atoms with E-state index in [9.17, 15) is 18.3 Å². The molecule has 1 aliphatic rings. The maximum atomic E-state index is 12.5. The molecule has 0 bridgehead atoms. The zero-order valence-corrected chi connectivity index (χ0v) is 11.7. The number of rotatable bonds is 3. The average Bonchev–Trinajstić information content (AvgIpc) is 2.41. The van der Waals surface area contributed by atoms with Crippen molar-refractivity contribution in [1.29, 1.82) is 0 Å². The monoisotopic (exact) mass is 286 g/mol. The first kappa shape index (κ1) is 15.4. The van der Waals surface area contributed by atoms with E-state index in [0.29, 0.717) is 24.3 Å². The highest BCUT2D eigenvalue weighted by atomic mass is 19.4. The van der Waals surface area contributed by atoms with Crippen LogP contribution in [0.15, 0.2) is 24.3 Å². The summed E-state index contributed by atoms with van der Waals surface area (Å²) < 4.78 is 37.6. The van der Waals surface area contributed by atoms with Gasteiger partial charge < -0.3 is 5.11 Å². The number of aliphatic hydroxyl groups is 1. The van der Waals surface area contributed by atoms with Crippen LogP contribution in [0.3, 0.4) is 0 Å². The molecule has 1 nitrogen and oxygen atoms in total. The molecule has 0 amide bonds. The van der Waals surface area contributed by atoms with Gasteiger partial charge in [0.1, 0.15) is 0 Å². The third kappa shape index (κ3) is 3.35. The summed E-state index contributed by atoms with van der Waals surface area (Å²) in [5, 5.41) is 10.6. The second-order valence-electron chi connectivity index (χ2n) is 5.84. The Bertz CT molecular complexity index is 428. The minimum atomic E-state index is -4.32. The number of benzene rings is 1. The Labute approximate surface area is 117 Å². The van der Waals surface area contributed by atoms with Gasteiger partial charge in [-0.3, -0.25) is 0 Å². The molecule has 0 unspecified atom stereocenters. The van der Waals surface area contributed by atoms with E-state index in [1.165, 1.54) is 18.6 Å². The van der Waals surface area contributed by atoms with Gasteiger partial charge in [-0.05, 0) is 49.3 Å². The van der Waals surface area contributed by atoms with E-state index >= 15 is 0 Å². The van der Waals surface area contributed by atoms with E-state index in [1.807, 2.05) is 0 Å². The lowest BCUT2D eigenvalue weighted by molar-refractivity contribution is -0.137. The molecular weight excluding hydrogens is 265 g/mol. The molecule has 2 rings (SSSR count). The van der Waals surface area contributed by atoms with Crippen molar-refractivity contribution < 1.29 is 18.3 Å². The van der Waals surface area contributed by atoms with Crippen LogP contribution in [0.4, 0.5) is 13.2 Å². The van der Waals surface area contributed by atoms with E-state index in [-0.39, 0.29) is 0 Å². The summed E-state index contributed by atoms with van der Waals surface area (Å²) in [4.78, 5) is 0.